The molecule has 0 aromatic rings. The van der Waals surface area contributed by atoms with Gasteiger partial charge in [-0.2, -0.15) is 0 Å². The second-order valence-electron chi connectivity index (χ2n) is 2.91. The molecule has 1 rings (SSSR count). The standard InChI is InChI=1S/C8H11IOS/c1-6-5-10-8(2,3)7(4-9)11-6/h4H,1,5H2,2-3H3/b7-4+. The summed E-state index contributed by atoms with van der Waals surface area (Å²) in [6.07, 6.45) is 0. The molecule has 0 radical (unpaired) electrons. The Kier molecular flexibility index (Phi) is 3.05. The molecule has 62 valence electrons. The van der Waals surface area contributed by atoms with Gasteiger partial charge in [-0.3, -0.25) is 0 Å². The molecular formula is C8H11IOS. The second kappa shape index (κ2) is 3.49. The zero-order valence-corrected chi connectivity index (χ0v) is 9.66. The summed E-state index contributed by atoms with van der Waals surface area (Å²) in [6, 6.07) is 0. The SMILES string of the molecule is C=C1COC(C)(C)/C(=C\I)S1. The number of thioether (sulfide) groups is 1. The van der Waals surface area contributed by atoms with Gasteiger partial charge in [-0.25, -0.2) is 0 Å². The lowest BCUT2D eigenvalue weighted by atomic mass is 10.1. The zero-order chi connectivity index (χ0) is 8.48. The molecule has 0 unspecified atom stereocenters. The van der Waals surface area contributed by atoms with E-state index in [4.69, 9.17) is 4.74 Å². The van der Waals surface area contributed by atoms with Crippen molar-refractivity contribution in [1.29, 1.82) is 0 Å². The van der Waals surface area contributed by atoms with E-state index >= 15 is 0 Å². The van der Waals surface area contributed by atoms with Gasteiger partial charge in [0.2, 0.25) is 0 Å². The molecule has 0 aliphatic carbocycles. The lowest BCUT2D eigenvalue weighted by Gasteiger charge is -2.32. The molecule has 1 nitrogen and oxygen atoms in total. The highest BCUT2D eigenvalue weighted by atomic mass is 127. The van der Waals surface area contributed by atoms with E-state index in [-0.39, 0.29) is 5.60 Å². The van der Waals surface area contributed by atoms with Gasteiger partial charge in [-0.05, 0) is 17.9 Å². The second-order valence-corrected chi connectivity index (χ2v) is 4.76. The third-order valence-corrected chi connectivity index (χ3v) is 3.82. The fourth-order valence-electron chi connectivity index (χ4n) is 0.794. The summed E-state index contributed by atoms with van der Waals surface area (Å²) >= 11 is 3.97. The van der Waals surface area contributed by atoms with E-state index in [1.165, 1.54) is 4.91 Å². The fourth-order valence-corrected chi connectivity index (χ4v) is 2.70. The van der Waals surface area contributed by atoms with Gasteiger partial charge in [0.15, 0.2) is 0 Å². The summed E-state index contributed by atoms with van der Waals surface area (Å²) in [7, 11) is 0. The van der Waals surface area contributed by atoms with E-state index in [0.29, 0.717) is 6.61 Å². The molecule has 3 heteroatoms. The van der Waals surface area contributed by atoms with Gasteiger partial charge in [0.05, 0.1) is 12.2 Å². The molecule has 0 bridgehead atoms. The maximum Gasteiger partial charge on any atom is 0.0945 e. The first-order chi connectivity index (χ1) is 5.06. The van der Waals surface area contributed by atoms with Crippen molar-refractivity contribution >= 4 is 34.4 Å². The van der Waals surface area contributed by atoms with Crippen LogP contribution in [0.1, 0.15) is 13.8 Å². The van der Waals surface area contributed by atoms with E-state index < -0.39 is 0 Å². The minimum Gasteiger partial charge on any atom is -0.365 e. The number of ether oxygens (including phenoxy) is 1. The van der Waals surface area contributed by atoms with Crippen LogP contribution in [0.5, 0.6) is 0 Å². The normalized spacial score (nSPS) is 27.5. The minimum atomic E-state index is -0.118. The first-order valence-electron chi connectivity index (χ1n) is 3.37. The van der Waals surface area contributed by atoms with E-state index in [9.17, 15) is 0 Å². The lowest BCUT2D eigenvalue weighted by molar-refractivity contribution is 0.0312. The van der Waals surface area contributed by atoms with Crippen molar-refractivity contribution in [3.8, 4) is 0 Å². The van der Waals surface area contributed by atoms with Crippen molar-refractivity contribution in [2.24, 2.45) is 0 Å². The zero-order valence-electron chi connectivity index (χ0n) is 6.69. The van der Waals surface area contributed by atoms with Crippen molar-refractivity contribution in [3.05, 3.63) is 20.5 Å². The van der Waals surface area contributed by atoms with Gasteiger partial charge in [0, 0.05) is 9.81 Å². The van der Waals surface area contributed by atoms with Crippen molar-refractivity contribution < 1.29 is 4.74 Å². The number of hydrogen-bond donors (Lipinski definition) is 0. The summed E-state index contributed by atoms with van der Waals surface area (Å²) < 4.78 is 7.65. The van der Waals surface area contributed by atoms with Crippen LogP contribution in [-0.4, -0.2) is 12.2 Å². The van der Waals surface area contributed by atoms with Crippen molar-refractivity contribution in [2.75, 3.05) is 6.61 Å². The van der Waals surface area contributed by atoms with Crippen LogP contribution < -0.4 is 0 Å². The molecule has 1 aliphatic rings. The number of rotatable bonds is 0. The predicted molar refractivity (Wildman–Crippen MR) is 58.9 cm³/mol. The largest absolute Gasteiger partial charge is 0.365 e. The van der Waals surface area contributed by atoms with Crippen molar-refractivity contribution in [2.45, 2.75) is 19.4 Å². The van der Waals surface area contributed by atoms with E-state index in [2.05, 4.69) is 47.1 Å². The summed E-state index contributed by atoms with van der Waals surface area (Å²) in [5.41, 5.74) is -0.118. The molecule has 0 spiro atoms. The average Bonchev–Trinajstić information content (AvgIpc) is 1.94. The highest BCUT2D eigenvalue weighted by molar-refractivity contribution is 14.1. The van der Waals surface area contributed by atoms with Crippen molar-refractivity contribution in [3.63, 3.8) is 0 Å². The third-order valence-electron chi connectivity index (χ3n) is 1.54. The quantitative estimate of drug-likeness (QED) is 0.630. The smallest absolute Gasteiger partial charge is 0.0945 e. The first-order valence-corrected chi connectivity index (χ1v) is 5.43. The van der Waals surface area contributed by atoms with Crippen LogP contribution in [0.25, 0.3) is 0 Å². The average molecular weight is 282 g/mol. The van der Waals surface area contributed by atoms with Crippen LogP contribution in [0.3, 0.4) is 0 Å². The Morgan fingerprint density at radius 1 is 1.73 bits per heavy atom. The molecule has 1 heterocycles. The molecule has 1 fully saturated rings. The number of hydrogen-bond acceptors (Lipinski definition) is 2. The van der Waals surface area contributed by atoms with Gasteiger partial charge in [-0.15, -0.1) is 0 Å². The van der Waals surface area contributed by atoms with E-state index in [1.54, 1.807) is 11.8 Å². The Morgan fingerprint density at radius 2 is 2.36 bits per heavy atom. The van der Waals surface area contributed by atoms with Gasteiger partial charge < -0.3 is 4.74 Å². The molecule has 0 N–H and O–H groups in total. The molecular weight excluding hydrogens is 271 g/mol. The van der Waals surface area contributed by atoms with E-state index in [1.807, 2.05) is 0 Å². The molecule has 0 amide bonds. The third kappa shape index (κ3) is 2.23. The Balaban J connectivity index is 2.80. The molecule has 1 aliphatic heterocycles. The van der Waals surface area contributed by atoms with Gasteiger partial charge in [0.25, 0.3) is 0 Å². The van der Waals surface area contributed by atoms with Gasteiger partial charge >= 0.3 is 0 Å². The van der Waals surface area contributed by atoms with Crippen LogP contribution in [0, 0.1) is 0 Å². The summed E-state index contributed by atoms with van der Waals surface area (Å²) in [6.45, 7) is 8.70. The summed E-state index contributed by atoms with van der Waals surface area (Å²) in [5.74, 6) is 0. The summed E-state index contributed by atoms with van der Waals surface area (Å²) in [5, 5.41) is 0. The molecule has 0 aromatic heterocycles. The maximum atomic E-state index is 5.59. The van der Waals surface area contributed by atoms with Gasteiger partial charge in [0.1, 0.15) is 0 Å². The Labute approximate surface area is 85.4 Å². The molecule has 0 saturated carbocycles. The van der Waals surface area contributed by atoms with Gasteiger partial charge in [-0.1, -0.05) is 40.9 Å². The van der Waals surface area contributed by atoms with Crippen LogP contribution in [-0.2, 0) is 4.74 Å². The Bertz CT molecular complexity index is 208. The molecule has 0 atom stereocenters. The topological polar surface area (TPSA) is 9.23 Å². The fraction of sp³-hybridized carbons (Fsp3) is 0.500. The summed E-state index contributed by atoms with van der Waals surface area (Å²) in [4.78, 5) is 2.33. The Hall–Kier alpha value is 0.520. The van der Waals surface area contributed by atoms with Crippen molar-refractivity contribution in [1.82, 2.24) is 0 Å². The molecule has 11 heavy (non-hydrogen) atoms. The first kappa shape index (κ1) is 9.61. The highest BCUT2D eigenvalue weighted by Crippen LogP contribution is 2.40. The van der Waals surface area contributed by atoms with Crippen LogP contribution in [0.15, 0.2) is 20.5 Å². The maximum absolute atomic E-state index is 5.59. The van der Waals surface area contributed by atoms with Crippen LogP contribution in [0.4, 0.5) is 0 Å². The Morgan fingerprint density at radius 3 is 2.82 bits per heavy atom. The van der Waals surface area contributed by atoms with Crippen LogP contribution >= 0.6 is 34.4 Å². The lowest BCUT2D eigenvalue weighted by Crippen LogP contribution is -2.29. The molecule has 0 aromatic carbocycles. The highest BCUT2D eigenvalue weighted by Gasteiger charge is 2.29. The van der Waals surface area contributed by atoms with Crippen LogP contribution in [0.2, 0.25) is 0 Å². The predicted octanol–water partition coefficient (Wildman–Crippen LogP) is 3.32. The molecule has 1 saturated heterocycles. The van der Waals surface area contributed by atoms with E-state index in [0.717, 1.165) is 4.91 Å². The minimum absolute atomic E-state index is 0.118. The number of halogens is 1. The monoisotopic (exact) mass is 282 g/mol.